The number of rotatable bonds is 9. The average Bonchev–Trinajstić information content (AvgIpc) is 2.93. The van der Waals surface area contributed by atoms with Crippen LogP contribution in [-0.4, -0.2) is 37.9 Å². The predicted molar refractivity (Wildman–Crippen MR) is 138 cm³/mol. The van der Waals surface area contributed by atoms with Crippen molar-refractivity contribution in [3.8, 4) is 23.0 Å². The van der Waals surface area contributed by atoms with Crippen LogP contribution in [0.2, 0.25) is 0 Å². The number of aromatic nitrogens is 1. The monoisotopic (exact) mass is 485 g/mol. The molecule has 8 nitrogen and oxygen atoms in total. The number of pyridine rings is 1. The number of carbonyl (C=O) groups excluding carboxylic acids is 1. The van der Waals surface area contributed by atoms with Gasteiger partial charge in [-0.1, -0.05) is 30.3 Å². The lowest BCUT2D eigenvalue weighted by atomic mass is 10.1. The standard InChI is InChI=1S/C28H27N3O5/c1-18(22-15-24(33-2)27(35-4)25(16-22)34-3)30-31-28(32)21-12-10-19(11-13-21)17-36-23-9-5-7-20-8-6-14-29-26(20)23/h5-16H,17H2,1-4H3,(H,31,32)/b30-18+. The van der Waals surface area contributed by atoms with Gasteiger partial charge in [0.2, 0.25) is 5.75 Å². The molecular weight excluding hydrogens is 458 g/mol. The Morgan fingerprint density at radius 3 is 2.22 bits per heavy atom. The Hall–Kier alpha value is -4.59. The van der Waals surface area contributed by atoms with Crippen LogP contribution in [0.4, 0.5) is 0 Å². The number of benzene rings is 3. The van der Waals surface area contributed by atoms with Gasteiger partial charge in [0.15, 0.2) is 11.5 Å². The van der Waals surface area contributed by atoms with Gasteiger partial charge in [0.25, 0.3) is 5.91 Å². The Morgan fingerprint density at radius 1 is 0.861 bits per heavy atom. The molecule has 0 fully saturated rings. The van der Waals surface area contributed by atoms with Crippen molar-refractivity contribution in [2.75, 3.05) is 21.3 Å². The molecule has 1 amide bonds. The summed E-state index contributed by atoms with van der Waals surface area (Å²) in [4.78, 5) is 17.0. The van der Waals surface area contributed by atoms with E-state index in [4.69, 9.17) is 18.9 Å². The maximum atomic E-state index is 12.6. The molecule has 0 aliphatic rings. The molecule has 0 saturated carbocycles. The third-order valence-electron chi connectivity index (χ3n) is 5.61. The Morgan fingerprint density at radius 2 is 1.56 bits per heavy atom. The van der Waals surface area contributed by atoms with Gasteiger partial charge in [0.05, 0.1) is 27.0 Å². The van der Waals surface area contributed by atoms with Crippen LogP contribution in [-0.2, 0) is 6.61 Å². The lowest BCUT2D eigenvalue weighted by molar-refractivity contribution is 0.0954. The van der Waals surface area contributed by atoms with Gasteiger partial charge >= 0.3 is 0 Å². The van der Waals surface area contributed by atoms with Crippen molar-refractivity contribution in [3.63, 3.8) is 0 Å². The molecule has 1 N–H and O–H groups in total. The molecule has 0 radical (unpaired) electrons. The summed E-state index contributed by atoms with van der Waals surface area (Å²) in [6.07, 6.45) is 1.74. The third-order valence-corrected chi connectivity index (χ3v) is 5.61. The quantitative estimate of drug-likeness (QED) is 0.265. The van der Waals surface area contributed by atoms with E-state index in [0.717, 1.165) is 22.0 Å². The number of amides is 1. The Kier molecular flexibility index (Phi) is 7.65. The minimum Gasteiger partial charge on any atom is -0.493 e. The molecule has 1 aromatic heterocycles. The Balaban J connectivity index is 1.41. The van der Waals surface area contributed by atoms with E-state index >= 15 is 0 Å². The van der Waals surface area contributed by atoms with Crippen LogP contribution in [0, 0.1) is 0 Å². The third kappa shape index (κ3) is 5.38. The summed E-state index contributed by atoms with van der Waals surface area (Å²) in [5, 5.41) is 5.26. The maximum Gasteiger partial charge on any atom is 0.271 e. The van der Waals surface area contributed by atoms with E-state index in [9.17, 15) is 4.79 Å². The van der Waals surface area contributed by atoms with Crippen molar-refractivity contribution in [1.29, 1.82) is 0 Å². The zero-order valence-electron chi connectivity index (χ0n) is 20.6. The van der Waals surface area contributed by atoms with Crippen molar-refractivity contribution < 1.29 is 23.7 Å². The molecule has 1 heterocycles. The van der Waals surface area contributed by atoms with Crippen LogP contribution in [0.25, 0.3) is 10.9 Å². The van der Waals surface area contributed by atoms with Crippen LogP contribution in [0.5, 0.6) is 23.0 Å². The van der Waals surface area contributed by atoms with Crippen molar-refractivity contribution >= 4 is 22.5 Å². The predicted octanol–water partition coefficient (Wildman–Crippen LogP) is 4.99. The molecule has 36 heavy (non-hydrogen) atoms. The molecule has 0 aliphatic carbocycles. The second-order valence-corrected chi connectivity index (χ2v) is 7.87. The highest BCUT2D eigenvalue weighted by atomic mass is 16.5. The molecule has 0 aliphatic heterocycles. The average molecular weight is 486 g/mol. The second kappa shape index (κ2) is 11.2. The highest BCUT2D eigenvalue weighted by molar-refractivity contribution is 6.01. The number of fused-ring (bicyclic) bond motifs is 1. The number of nitrogens with zero attached hydrogens (tertiary/aromatic N) is 2. The van der Waals surface area contributed by atoms with Gasteiger partial charge in [0, 0.05) is 22.7 Å². The number of methoxy groups -OCH3 is 3. The number of carbonyl (C=O) groups is 1. The molecule has 8 heteroatoms. The molecule has 0 saturated heterocycles. The molecule has 3 aromatic carbocycles. The van der Waals surface area contributed by atoms with Gasteiger partial charge in [-0.15, -0.1) is 0 Å². The highest BCUT2D eigenvalue weighted by Gasteiger charge is 2.15. The van der Waals surface area contributed by atoms with Gasteiger partial charge in [-0.3, -0.25) is 9.78 Å². The number of hydrogen-bond donors (Lipinski definition) is 1. The Bertz CT molecular complexity index is 1370. The summed E-state index contributed by atoms with van der Waals surface area (Å²) >= 11 is 0. The lowest BCUT2D eigenvalue weighted by Crippen LogP contribution is -2.19. The number of ether oxygens (including phenoxy) is 4. The first kappa shape index (κ1) is 24.5. The SMILES string of the molecule is COc1cc(/C(C)=N/NC(=O)c2ccc(COc3cccc4cccnc34)cc2)cc(OC)c1OC. The smallest absolute Gasteiger partial charge is 0.271 e. The molecule has 4 rings (SSSR count). The van der Waals surface area contributed by atoms with Crippen molar-refractivity contribution in [2.45, 2.75) is 13.5 Å². The van der Waals surface area contributed by atoms with E-state index in [-0.39, 0.29) is 5.91 Å². The van der Waals surface area contributed by atoms with Gasteiger partial charge in [-0.2, -0.15) is 5.10 Å². The van der Waals surface area contributed by atoms with Crippen LogP contribution in [0.15, 0.2) is 78.0 Å². The highest BCUT2D eigenvalue weighted by Crippen LogP contribution is 2.38. The summed E-state index contributed by atoms with van der Waals surface area (Å²) in [7, 11) is 4.63. The number of nitrogens with one attached hydrogen (secondary N) is 1. The zero-order chi connectivity index (χ0) is 25.5. The number of hydrazone groups is 1. The largest absolute Gasteiger partial charge is 0.493 e. The molecule has 0 bridgehead atoms. The van der Waals surface area contributed by atoms with Crippen molar-refractivity contribution in [1.82, 2.24) is 10.4 Å². The minimum absolute atomic E-state index is 0.326. The van der Waals surface area contributed by atoms with Gasteiger partial charge in [-0.25, -0.2) is 5.43 Å². The maximum absolute atomic E-state index is 12.6. The van der Waals surface area contributed by atoms with Crippen LogP contribution in [0.3, 0.4) is 0 Å². The Labute approximate surface area is 209 Å². The summed E-state index contributed by atoms with van der Waals surface area (Å²) in [5.74, 6) is 1.88. The van der Waals surface area contributed by atoms with Gasteiger partial charge in [0.1, 0.15) is 17.9 Å². The van der Waals surface area contributed by atoms with Gasteiger partial charge in [-0.05, 0) is 48.9 Å². The molecular formula is C28H27N3O5. The van der Waals surface area contributed by atoms with Crippen molar-refractivity contribution in [2.24, 2.45) is 5.10 Å². The number of hydrogen-bond acceptors (Lipinski definition) is 7. The molecule has 0 unspecified atom stereocenters. The topological polar surface area (TPSA) is 91.3 Å². The molecule has 0 atom stereocenters. The first-order chi connectivity index (χ1) is 17.5. The van der Waals surface area contributed by atoms with Crippen molar-refractivity contribution in [3.05, 3.63) is 89.6 Å². The fourth-order valence-electron chi connectivity index (χ4n) is 3.66. The fourth-order valence-corrected chi connectivity index (χ4v) is 3.66. The zero-order valence-corrected chi connectivity index (χ0v) is 20.6. The summed E-state index contributed by atoms with van der Waals surface area (Å²) < 4.78 is 22.1. The van der Waals surface area contributed by atoms with E-state index in [1.807, 2.05) is 42.5 Å². The fraction of sp³-hybridized carbons (Fsp3) is 0.179. The first-order valence-corrected chi connectivity index (χ1v) is 11.2. The van der Waals surface area contributed by atoms with Crippen LogP contribution < -0.4 is 24.4 Å². The van der Waals surface area contributed by atoms with E-state index in [0.29, 0.717) is 40.9 Å². The number of para-hydroxylation sites is 1. The lowest BCUT2D eigenvalue weighted by Gasteiger charge is -2.14. The van der Waals surface area contributed by atoms with Crippen LogP contribution >= 0.6 is 0 Å². The summed E-state index contributed by atoms with van der Waals surface area (Å²) in [6.45, 7) is 2.14. The summed E-state index contributed by atoms with van der Waals surface area (Å²) in [6, 6.07) is 20.4. The van der Waals surface area contributed by atoms with E-state index < -0.39 is 0 Å². The van der Waals surface area contributed by atoms with E-state index in [1.54, 1.807) is 58.7 Å². The first-order valence-electron chi connectivity index (χ1n) is 11.2. The molecule has 0 spiro atoms. The van der Waals surface area contributed by atoms with Crippen LogP contribution in [0.1, 0.15) is 28.4 Å². The summed E-state index contributed by atoms with van der Waals surface area (Å²) in [5.41, 5.74) is 6.12. The van der Waals surface area contributed by atoms with Gasteiger partial charge < -0.3 is 18.9 Å². The minimum atomic E-state index is -0.326. The van der Waals surface area contributed by atoms with E-state index in [1.165, 1.54) is 0 Å². The molecule has 4 aromatic rings. The van der Waals surface area contributed by atoms with E-state index in [2.05, 4.69) is 15.5 Å². The molecule has 184 valence electrons. The second-order valence-electron chi connectivity index (χ2n) is 7.87. The normalized spacial score (nSPS) is 11.2.